The van der Waals surface area contributed by atoms with Gasteiger partial charge >= 0.3 is 0 Å². The molecule has 0 aliphatic heterocycles. The van der Waals surface area contributed by atoms with E-state index in [1.54, 1.807) is 24.5 Å². The molecule has 0 saturated carbocycles. The molecule has 4 aromatic rings. The summed E-state index contributed by atoms with van der Waals surface area (Å²) in [6.45, 7) is 0. The van der Waals surface area contributed by atoms with Gasteiger partial charge in [0.15, 0.2) is 0 Å². The van der Waals surface area contributed by atoms with E-state index >= 15 is 0 Å². The van der Waals surface area contributed by atoms with Crippen LogP contribution < -0.4 is 10.0 Å². The zero-order chi connectivity index (χ0) is 19.2. The maximum atomic E-state index is 12.5. The lowest BCUT2D eigenvalue weighted by Crippen LogP contribution is -2.12. The Balaban J connectivity index is 1.41. The average molecular weight is 388 g/mol. The van der Waals surface area contributed by atoms with Gasteiger partial charge in [-0.1, -0.05) is 36.4 Å². The second-order valence-corrected chi connectivity index (χ2v) is 6.67. The number of rotatable bonds is 6. The zero-order valence-corrected chi connectivity index (χ0v) is 15.5. The Labute approximate surface area is 165 Å². The van der Waals surface area contributed by atoms with E-state index in [9.17, 15) is 4.79 Å². The van der Waals surface area contributed by atoms with Gasteiger partial charge in [0.1, 0.15) is 5.69 Å². The van der Waals surface area contributed by atoms with Crippen LogP contribution in [0.1, 0.15) is 10.5 Å². The molecular weight excluding hydrogens is 372 g/mol. The van der Waals surface area contributed by atoms with Crippen molar-refractivity contribution in [1.29, 1.82) is 0 Å². The lowest BCUT2D eigenvalue weighted by Gasteiger charge is -2.07. The number of aromatic amines is 1. The Hall–Kier alpha value is -3.65. The minimum atomic E-state index is -0.254. The van der Waals surface area contributed by atoms with Crippen LogP contribution in [0, 0.1) is 0 Å². The van der Waals surface area contributed by atoms with Crippen molar-refractivity contribution < 1.29 is 4.79 Å². The van der Waals surface area contributed by atoms with Gasteiger partial charge < -0.3 is 5.32 Å². The Bertz CT molecular complexity index is 1070. The number of H-pyrrole nitrogens is 1. The van der Waals surface area contributed by atoms with Crippen LogP contribution in [0.5, 0.6) is 0 Å². The molecule has 0 unspecified atom stereocenters. The topological polar surface area (TPSA) is 95.6 Å². The van der Waals surface area contributed by atoms with E-state index in [2.05, 4.69) is 30.2 Å². The molecule has 0 radical (unpaired) electrons. The van der Waals surface area contributed by atoms with Gasteiger partial charge in [0, 0.05) is 28.5 Å². The molecule has 0 fully saturated rings. The first-order valence-corrected chi connectivity index (χ1v) is 9.32. The van der Waals surface area contributed by atoms with Crippen LogP contribution in [-0.2, 0) is 0 Å². The van der Waals surface area contributed by atoms with Crippen molar-refractivity contribution in [2.24, 2.45) is 0 Å². The number of anilines is 2. The van der Waals surface area contributed by atoms with E-state index in [-0.39, 0.29) is 5.91 Å². The standard InChI is InChI=1S/C20H16N6OS/c27-19(18-13-17(24-25-18)14-6-2-1-3-7-14)23-15-8-4-9-16(12-15)28-26-20-21-10-5-11-22-20/h1-13H,(H,23,27)(H,24,25)(H,21,22,26). The van der Waals surface area contributed by atoms with Crippen LogP contribution in [0.2, 0.25) is 0 Å². The van der Waals surface area contributed by atoms with Gasteiger partial charge in [0.2, 0.25) is 5.95 Å². The molecule has 2 aromatic carbocycles. The predicted molar refractivity (Wildman–Crippen MR) is 110 cm³/mol. The normalized spacial score (nSPS) is 10.4. The fraction of sp³-hybridized carbons (Fsp3) is 0. The van der Waals surface area contributed by atoms with Gasteiger partial charge in [-0.05, 0) is 42.3 Å². The van der Waals surface area contributed by atoms with E-state index in [1.807, 2.05) is 54.6 Å². The molecule has 2 aromatic heterocycles. The van der Waals surface area contributed by atoms with Crippen LogP contribution in [-0.4, -0.2) is 26.1 Å². The van der Waals surface area contributed by atoms with Crippen molar-refractivity contribution in [2.45, 2.75) is 4.90 Å². The third kappa shape index (κ3) is 4.36. The van der Waals surface area contributed by atoms with Gasteiger partial charge in [0.25, 0.3) is 5.91 Å². The van der Waals surface area contributed by atoms with Gasteiger partial charge in [-0.2, -0.15) is 5.10 Å². The lowest BCUT2D eigenvalue weighted by molar-refractivity contribution is 0.102. The predicted octanol–water partition coefficient (Wildman–Crippen LogP) is 4.24. The molecule has 0 atom stereocenters. The summed E-state index contributed by atoms with van der Waals surface area (Å²) in [5.74, 6) is 0.268. The first-order valence-electron chi connectivity index (χ1n) is 8.50. The molecule has 0 bridgehead atoms. The van der Waals surface area contributed by atoms with E-state index in [1.165, 1.54) is 11.9 Å². The summed E-state index contributed by atoms with van der Waals surface area (Å²) in [7, 11) is 0. The largest absolute Gasteiger partial charge is 0.321 e. The molecule has 138 valence electrons. The zero-order valence-electron chi connectivity index (χ0n) is 14.7. The van der Waals surface area contributed by atoms with Crippen LogP contribution in [0.3, 0.4) is 0 Å². The highest BCUT2D eigenvalue weighted by Gasteiger charge is 2.11. The lowest BCUT2D eigenvalue weighted by atomic mass is 10.1. The van der Waals surface area contributed by atoms with E-state index in [4.69, 9.17) is 0 Å². The number of carbonyl (C=O) groups is 1. The Morgan fingerprint density at radius 3 is 2.57 bits per heavy atom. The summed E-state index contributed by atoms with van der Waals surface area (Å²) >= 11 is 1.37. The summed E-state index contributed by atoms with van der Waals surface area (Å²) in [6, 6.07) is 20.7. The highest BCUT2D eigenvalue weighted by atomic mass is 32.2. The summed E-state index contributed by atoms with van der Waals surface area (Å²) in [6.07, 6.45) is 3.33. The first-order chi connectivity index (χ1) is 13.8. The van der Waals surface area contributed by atoms with Crippen molar-refractivity contribution in [1.82, 2.24) is 20.2 Å². The van der Waals surface area contributed by atoms with Crippen molar-refractivity contribution >= 4 is 29.5 Å². The van der Waals surface area contributed by atoms with Gasteiger partial charge in [-0.15, -0.1) is 0 Å². The number of benzene rings is 2. The van der Waals surface area contributed by atoms with Crippen LogP contribution in [0.15, 0.2) is 84.0 Å². The molecule has 2 heterocycles. The third-order valence-electron chi connectivity index (χ3n) is 3.81. The number of nitrogens with one attached hydrogen (secondary N) is 3. The summed E-state index contributed by atoms with van der Waals surface area (Å²) in [5.41, 5.74) is 2.75. The minimum Gasteiger partial charge on any atom is -0.321 e. The SMILES string of the molecule is O=C(Nc1cccc(SNc2ncccn2)c1)c1cc(-c2ccccc2)n[nH]1. The van der Waals surface area contributed by atoms with E-state index in [0.29, 0.717) is 17.3 Å². The first kappa shape index (κ1) is 17.7. The molecule has 0 saturated heterocycles. The maximum Gasteiger partial charge on any atom is 0.273 e. The smallest absolute Gasteiger partial charge is 0.273 e. The van der Waals surface area contributed by atoms with Crippen LogP contribution in [0.4, 0.5) is 11.6 Å². The Morgan fingerprint density at radius 2 is 1.75 bits per heavy atom. The number of hydrogen-bond acceptors (Lipinski definition) is 6. The maximum absolute atomic E-state index is 12.5. The Morgan fingerprint density at radius 1 is 0.929 bits per heavy atom. The molecule has 7 nitrogen and oxygen atoms in total. The summed E-state index contributed by atoms with van der Waals surface area (Å²) in [5, 5.41) is 9.88. The summed E-state index contributed by atoms with van der Waals surface area (Å²) in [4.78, 5) is 21.7. The molecule has 1 amide bonds. The molecule has 0 aliphatic carbocycles. The van der Waals surface area contributed by atoms with Gasteiger partial charge in [-0.25, -0.2) is 9.97 Å². The van der Waals surface area contributed by atoms with Gasteiger partial charge in [0.05, 0.1) is 5.69 Å². The molecule has 0 aliphatic rings. The molecule has 28 heavy (non-hydrogen) atoms. The van der Waals surface area contributed by atoms with Crippen LogP contribution in [0.25, 0.3) is 11.3 Å². The second kappa shape index (κ2) is 8.36. The highest BCUT2D eigenvalue weighted by molar-refractivity contribution is 8.00. The fourth-order valence-electron chi connectivity index (χ4n) is 2.49. The highest BCUT2D eigenvalue weighted by Crippen LogP contribution is 2.23. The molecule has 0 spiro atoms. The number of hydrogen-bond donors (Lipinski definition) is 3. The third-order valence-corrected chi connectivity index (χ3v) is 4.58. The molecule has 3 N–H and O–H groups in total. The number of carbonyl (C=O) groups excluding carboxylic acids is 1. The Kier molecular flexibility index (Phi) is 5.30. The molecule has 8 heteroatoms. The second-order valence-electron chi connectivity index (χ2n) is 5.79. The van der Waals surface area contributed by atoms with Gasteiger partial charge in [-0.3, -0.25) is 14.6 Å². The molecule has 4 rings (SSSR count). The van der Waals surface area contributed by atoms with E-state index < -0.39 is 0 Å². The average Bonchev–Trinajstić information content (AvgIpc) is 3.25. The van der Waals surface area contributed by atoms with Crippen molar-refractivity contribution in [2.75, 3.05) is 10.0 Å². The van der Waals surface area contributed by atoms with Crippen molar-refractivity contribution in [3.05, 3.63) is 84.8 Å². The number of aromatic nitrogens is 4. The molecular formula is C20H16N6OS. The summed E-state index contributed by atoms with van der Waals surface area (Å²) < 4.78 is 3.06. The number of amides is 1. The monoisotopic (exact) mass is 388 g/mol. The quantitative estimate of drug-likeness (QED) is 0.428. The minimum absolute atomic E-state index is 0.254. The van der Waals surface area contributed by atoms with E-state index in [0.717, 1.165) is 16.2 Å². The fourth-order valence-corrected chi connectivity index (χ4v) is 3.13. The number of nitrogens with zero attached hydrogens (tertiary/aromatic N) is 3. The van der Waals surface area contributed by atoms with Crippen LogP contribution >= 0.6 is 11.9 Å². The van der Waals surface area contributed by atoms with Crippen molar-refractivity contribution in [3.63, 3.8) is 0 Å². The van der Waals surface area contributed by atoms with Crippen molar-refractivity contribution in [3.8, 4) is 11.3 Å².